The molecule has 0 rings (SSSR count). The fraction of sp³-hybridized carbons (Fsp3) is 1.00. The van der Waals surface area contributed by atoms with Crippen LogP contribution in [0.15, 0.2) is 0 Å². The first-order valence-electron chi connectivity index (χ1n) is 10.8. The Morgan fingerprint density at radius 1 is 0.364 bits per heavy atom. The lowest BCUT2D eigenvalue weighted by atomic mass is 9.85. The van der Waals surface area contributed by atoms with Gasteiger partial charge in [-0.05, 0) is 11.8 Å². The summed E-state index contributed by atoms with van der Waals surface area (Å²) in [6.45, 7) is 9.36. The summed E-state index contributed by atoms with van der Waals surface area (Å²) in [7, 11) is 0. The van der Waals surface area contributed by atoms with Gasteiger partial charge in [0.1, 0.15) is 0 Å². The van der Waals surface area contributed by atoms with Crippen LogP contribution in [0.4, 0.5) is 0 Å². The molecule has 0 saturated heterocycles. The minimum Gasteiger partial charge on any atom is -0.0654 e. The third kappa shape index (κ3) is 13.6. The highest BCUT2D eigenvalue weighted by Gasteiger charge is 2.13. The molecule has 0 amide bonds. The minimum atomic E-state index is 1.03. The lowest BCUT2D eigenvalue weighted by Crippen LogP contribution is -2.07. The van der Waals surface area contributed by atoms with Gasteiger partial charge in [-0.3, -0.25) is 0 Å². The lowest BCUT2D eigenvalue weighted by Gasteiger charge is -2.21. The summed E-state index contributed by atoms with van der Waals surface area (Å²) in [5, 5.41) is 0. The Morgan fingerprint density at radius 2 is 0.818 bits per heavy atom. The van der Waals surface area contributed by atoms with Crippen LogP contribution in [-0.4, -0.2) is 0 Å². The molecule has 0 saturated carbocycles. The Balaban J connectivity index is 3.98. The second kappa shape index (κ2) is 17.4. The second-order valence-electron chi connectivity index (χ2n) is 7.59. The van der Waals surface area contributed by atoms with E-state index in [9.17, 15) is 0 Å². The molecule has 0 heterocycles. The molecule has 1 unspecified atom stereocenters. The van der Waals surface area contributed by atoms with Gasteiger partial charge in [-0.2, -0.15) is 0 Å². The maximum Gasteiger partial charge on any atom is -0.0414 e. The molecule has 0 aromatic heterocycles. The molecule has 0 fully saturated rings. The standard InChI is InChI=1S/C22H46/c1-5-9-12-13-14-18-21(15-8-4)19-20-22(16-10-6-2)17-11-7-3/h21-22H,5-20H2,1-4H3. The maximum atomic E-state index is 2.37. The molecule has 1 atom stereocenters. The lowest BCUT2D eigenvalue weighted by molar-refractivity contribution is 0.317. The van der Waals surface area contributed by atoms with E-state index in [1.165, 1.54) is 103 Å². The minimum absolute atomic E-state index is 1.03. The molecule has 0 heteroatoms. The van der Waals surface area contributed by atoms with Crippen molar-refractivity contribution in [1.82, 2.24) is 0 Å². The molecule has 134 valence electrons. The van der Waals surface area contributed by atoms with Crippen molar-refractivity contribution in [3.63, 3.8) is 0 Å². The normalized spacial score (nSPS) is 13.0. The smallest absolute Gasteiger partial charge is 0.0414 e. The number of hydrogen-bond donors (Lipinski definition) is 0. The zero-order valence-corrected chi connectivity index (χ0v) is 16.5. The van der Waals surface area contributed by atoms with Crippen LogP contribution >= 0.6 is 0 Å². The van der Waals surface area contributed by atoms with Crippen molar-refractivity contribution in [3.8, 4) is 0 Å². The van der Waals surface area contributed by atoms with Crippen molar-refractivity contribution >= 4 is 0 Å². The van der Waals surface area contributed by atoms with Crippen molar-refractivity contribution in [2.24, 2.45) is 11.8 Å². The van der Waals surface area contributed by atoms with E-state index in [1.807, 2.05) is 0 Å². The van der Waals surface area contributed by atoms with Crippen LogP contribution in [-0.2, 0) is 0 Å². The Kier molecular flexibility index (Phi) is 17.4. The summed E-state index contributed by atoms with van der Waals surface area (Å²) in [5.41, 5.74) is 0. The van der Waals surface area contributed by atoms with Crippen LogP contribution in [0.5, 0.6) is 0 Å². The maximum absolute atomic E-state index is 2.37. The SMILES string of the molecule is CCCCCCCC(CCC)CCC(CCCC)CCCC. The van der Waals surface area contributed by atoms with Gasteiger partial charge >= 0.3 is 0 Å². The van der Waals surface area contributed by atoms with E-state index < -0.39 is 0 Å². The Bertz CT molecular complexity index is 188. The third-order valence-electron chi connectivity index (χ3n) is 5.33. The van der Waals surface area contributed by atoms with Gasteiger partial charge in [-0.25, -0.2) is 0 Å². The second-order valence-corrected chi connectivity index (χ2v) is 7.59. The Labute approximate surface area is 142 Å². The molecule has 0 aliphatic rings. The fourth-order valence-electron chi connectivity index (χ4n) is 3.77. The van der Waals surface area contributed by atoms with Gasteiger partial charge in [0.05, 0.1) is 0 Å². The van der Waals surface area contributed by atoms with Crippen molar-refractivity contribution in [2.75, 3.05) is 0 Å². The van der Waals surface area contributed by atoms with Crippen LogP contribution in [0.3, 0.4) is 0 Å². The first-order valence-corrected chi connectivity index (χ1v) is 10.8. The molecule has 0 nitrogen and oxygen atoms in total. The molecule has 22 heavy (non-hydrogen) atoms. The first-order chi connectivity index (χ1) is 10.8. The van der Waals surface area contributed by atoms with Crippen LogP contribution in [0.1, 0.15) is 130 Å². The molecular weight excluding hydrogens is 264 g/mol. The predicted octanol–water partition coefficient (Wildman–Crippen LogP) is 8.54. The number of hydrogen-bond acceptors (Lipinski definition) is 0. The fourth-order valence-corrected chi connectivity index (χ4v) is 3.77. The zero-order chi connectivity index (χ0) is 16.5. The average molecular weight is 311 g/mol. The molecule has 0 radical (unpaired) electrons. The van der Waals surface area contributed by atoms with E-state index in [2.05, 4.69) is 27.7 Å². The number of unbranched alkanes of at least 4 members (excludes halogenated alkanes) is 6. The highest BCUT2D eigenvalue weighted by atomic mass is 14.2. The van der Waals surface area contributed by atoms with E-state index in [4.69, 9.17) is 0 Å². The van der Waals surface area contributed by atoms with Crippen LogP contribution in [0, 0.1) is 11.8 Å². The number of rotatable bonds is 17. The van der Waals surface area contributed by atoms with Gasteiger partial charge in [0.2, 0.25) is 0 Å². The Hall–Kier alpha value is 0. The van der Waals surface area contributed by atoms with Crippen LogP contribution in [0.2, 0.25) is 0 Å². The van der Waals surface area contributed by atoms with Crippen molar-refractivity contribution in [3.05, 3.63) is 0 Å². The molecule has 0 aliphatic carbocycles. The average Bonchev–Trinajstić information content (AvgIpc) is 2.53. The van der Waals surface area contributed by atoms with Gasteiger partial charge < -0.3 is 0 Å². The van der Waals surface area contributed by atoms with Gasteiger partial charge in [0, 0.05) is 0 Å². The highest BCUT2D eigenvalue weighted by Crippen LogP contribution is 2.28. The molecule has 0 N–H and O–H groups in total. The molecule has 0 bridgehead atoms. The summed E-state index contributed by atoms with van der Waals surface area (Å²) in [5.74, 6) is 2.05. The molecule has 0 aliphatic heterocycles. The van der Waals surface area contributed by atoms with Gasteiger partial charge in [-0.1, -0.05) is 130 Å². The predicted molar refractivity (Wildman–Crippen MR) is 104 cm³/mol. The molecule has 0 aromatic carbocycles. The van der Waals surface area contributed by atoms with Gasteiger partial charge in [-0.15, -0.1) is 0 Å². The molecule has 0 spiro atoms. The molecular formula is C22H46. The van der Waals surface area contributed by atoms with E-state index in [0.717, 1.165) is 11.8 Å². The van der Waals surface area contributed by atoms with Crippen LogP contribution in [0.25, 0.3) is 0 Å². The third-order valence-corrected chi connectivity index (χ3v) is 5.33. The summed E-state index contributed by atoms with van der Waals surface area (Å²) in [4.78, 5) is 0. The quantitative estimate of drug-likeness (QED) is 0.236. The van der Waals surface area contributed by atoms with E-state index in [0.29, 0.717) is 0 Å². The van der Waals surface area contributed by atoms with Crippen molar-refractivity contribution in [1.29, 1.82) is 0 Å². The Morgan fingerprint density at radius 3 is 1.32 bits per heavy atom. The molecule has 0 aromatic rings. The van der Waals surface area contributed by atoms with E-state index >= 15 is 0 Å². The topological polar surface area (TPSA) is 0 Å². The summed E-state index contributed by atoms with van der Waals surface area (Å²) < 4.78 is 0. The first kappa shape index (κ1) is 22.0. The summed E-state index contributed by atoms with van der Waals surface area (Å²) >= 11 is 0. The van der Waals surface area contributed by atoms with Crippen molar-refractivity contribution in [2.45, 2.75) is 130 Å². The van der Waals surface area contributed by atoms with Crippen molar-refractivity contribution < 1.29 is 0 Å². The van der Waals surface area contributed by atoms with E-state index in [-0.39, 0.29) is 0 Å². The summed E-state index contributed by atoms with van der Waals surface area (Å²) in [6, 6.07) is 0. The van der Waals surface area contributed by atoms with Gasteiger partial charge in [0.25, 0.3) is 0 Å². The van der Waals surface area contributed by atoms with E-state index in [1.54, 1.807) is 0 Å². The van der Waals surface area contributed by atoms with Crippen LogP contribution < -0.4 is 0 Å². The monoisotopic (exact) mass is 310 g/mol. The highest BCUT2D eigenvalue weighted by molar-refractivity contribution is 4.66. The largest absolute Gasteiger partial charge is 0.0654 e. The summed E-state index contributed by atoms with van der Waals surface area (Å²) in [6.07, 6.45) is 23.3. The zero-order valence-electron chi connectivity index (χ0n) is 16.5. The van der Waals surface area contributed by atoms with Gasteiger partial charge in [0.15, 0.2) is 0 Å².